The molecule has 0 aliphatic heterocycles. The lowest BCUT2D eigenvalue weighted by Crippen LogP contribution is -2.29. The van der Waals surface area contributed by atoms with E-state index in [1.165, 1.54) is 0 Å². The van der Waals surface area contributed by atoms with Crippen LogP contribution in [-0.4, -0.2) is 28.2 Å². The molecule has 0 radical (unpaired) electrons. The monoisotopic (exact) mass is 495 g/mol. The Bertz CT molecular complexity index is 1610. The number of aromatic amines is 1. The lowest BCUT2D eigenvalue weighted by atomic mass is 10.1. The van der Waals surface area contributed by atoms with Crippen molar-refractivity contribution in [2.75, 3.05) is 0 Å². The van der Waals surface area contributed by atoms with E-state index in [9.17, 15) is 8.42 Å². The number of ether oxygens (including phenoxy) is 1. The van der Waals surface area contributed by atoms with Gasteiger partial charge in [-0.2, -0.15) is 0 Å². The maximum atomic E-state index is 13.1. The molecule has 5 aromatic rings. The Morgan fingerprint density at radius 2 is 1.94 bits per heavy atom. The number of rotatable bonds is 7. The van der Waals surface area contributed by atoms with Gasteiger partial charge in [-0.15, -0.1) is 5.10 Å². The molecule has 34 heavy (non-hydrogen) atoms. The second-order valence-corrected chi connectivity index (χ2v) is 10.0. The standard InChI is InChI=1S/C24H22ClN5O3S/c1-3-30-23(27-28-24(30)33-18-8-7-16-11-12-26-22(16)14-18)15(2)29-34(31,32)19-9-10-20-17(13-19)5-4-6-21(20)25/h4-15,26,29H,3H2,1-2H3/t15-/m1/s1. The van der Waals surface area contributed by atoms with E-state index in [0.717, 1.165) is 21.7 Å². The molecule has 5 rings (SSSR count). The highest BCUT2D eigenvalue weighted by molar-refractivity contribution is 7.89. The van der Waals surface area contributed by atoms with Crippen molar-refractivity contribution in [3.8, 4) is 11.8 Å². The normalized spacial score (nSPS) is 12.9. The SMILES string of the molecule is CCn1c(Oc2ccc3cc[nH]c3c2)nnc1[C@@H](C)NS(=O)(=O)c1ccc2c(Cl)cccc2c1. The Morgan fingerprint density at radius 3 is 2.76 bits per heavy atom. The molecule has 8 nitrogen and oxygen atoms in total. The highest BCUT2D eigenvalue weighted by atomic mass is 35.5. The van der Waals surface area contributed by atoms with Crippen molar-refractivity contribution in [3.63, 3.8) is 0 Å². The Hall–Kier alpha value is -3.40. The highest BCUT2D eigenvalue weighted by Gasteiger charge is 2.24. The molecular formula is C24H22ClN5O3S. The smallest absolute Gasteiger partial charge is 0.322 e. The minimum atomic E-state index is -3.82. The van der Waals surface area contributed by atoms with Crippen molar-refractivity contribution in [2.24, 2.45) is 0 Å². The largest absolute Gasteiger partial charge is 0.424 e. The molecule has 0 saturated heterocycles. The number of fused-ring (bicyclic) bond motifs is 2. The summed E-state index contributed by atoms with van der Waals surface area (Å²) in [4.78, 5) is 3.29. The number of benzene rings is 3. The molecule has 0 amide bonds. The number of aromatic nitrogens is 4. The first-order chi connectivity index (χ1) is 16.4. The average Bonchev–Trinajstić information content (AvgIpc) is 3.45. The van der Waals surface area contributed by atoms with Gasteiger partial charge in [0.2, 0.25) is 10.0 Å². The van der Waals surface area contributed by atoms with Crippen molar-refractivity contribution in [1.82, 2.24) is 24.5 Å². The van der Waals surface area contributed by atoms with Gasteiger partial charge in [-0.25, -0.2) is 13.1 Å². The minimum absolute atomic E-state index is 0.146. The van der Waals surface area contributed by atoms with Crippen molar-refractivity contribution in [3.05, 3.63) is 77.7 Å². The molecule has 2 N–H and O–H groups in total. The van der Waals surface area contributed by atoms with Crippen molar-refractivity contribution >= 4 is 43.3 Å². The van der Waals surface area contributed by atoms with Crippen LogP contribution >= 0.6 is 11.6 Å². The van der Waals surface area contributed by atoms with Crippen LogP contribution in [0.3, 0.4) is 0 Å². The van der Waals surface area contributed by atoms with Gasteiger partial charge in [0.05, 0.1) is 10.9 Å². The number of nitrogens with one attached hydrogen (secondary N) is 2. The molecule has 1 atom stereocenters. The van der Waals surface area contributed by atoms with Crippen LogP contribution in [0.25, 0.3) is 21.7 Å². The maximum Gasteiger partial charge on any atom is 0.322 e. The molecule has 10 heteroatoms. The zero-order valence-electron chi connectivity index (χ0n) is 18.5. The Balaban J connectivity index is 1.40. The number of nitrogens with zero attached hydrogens (tertiary/aromatic N) is 3. The van der Waals surface area contributed by atoms with Gasteiger partial charge >= 0.3 is 6.01 Å². The zero-order valence-corrected chi connectivity index (χ0v) is 20.1. The van der Waals surface area contributed by atoms with Gasteiger partial charge in [0.1, 0.15) is 5.75 Å². The number of H-pyrrole nitrogens is 1. The quantitative estimate of drug-likeness (QED) is 0.314. The number of halogens is 1. The summed E-state index contributed by atoms with van der Waals surface area (Å²) in [5.41, 5.74) is 0.943. The summed E-state index contributed by atoms with van der Waals surface area (Å²) in [5.74, 6) is 1.05. The summed E-state index contributed by atoms with van der Waals surface area (Å²) in [5, 5.41) is 11.5. The van der Waals surface area contributed by atoms with Crippen molar-refractivity contribution in [1.29, 1.82) is 0 Å². The third-order valence-electron chi connectivity index (χ3n) is 5.63. The Kier molecular flexibility index (Phi) is 5.76. The summed E-state index contributed by atoms with van der Waals surface area (Å²) in [7, 11) is -3.82. The zero-order chi connectivity index (χ0) is 23.9. The van der Waals surface area contributed by atoms with Gasteiger partial charge in [0.15, 0.2) is 5.82 Å². The number of hydrogen-bond donors (Lipinski definition) is 2. The van der Waals surface area contributed by atoms with E-state index in [1.807, 2.05) is 43.5 Å². The van der Waals surface area contributed by atoms with Gasteiger partial charge in [-0.05, 0) is 61.0 Å². The third-order valence-corrected chi connectivity index (χ3v) is 7.49. The van der Waals surface area contributed by atoms with Crippen molar-refractivity contribution in [2.45, 2.75) is 31.3 Å². The van der Waals surface area contributed by atoms with E-state index >= 15 is 0 Å². The predicted molar refractivity (Wildman–Crippen MR) is 132 cm³/mol. The molecule has 0 aliphatic rings. The summed E-state index contributed by atoms with van der Waals surface area (Å²) < 4.78 is 36.6. The molecule has 3 aromatic carbocycles. The molecule has 0 saturated carbocycles. The highest BCUT2D eigenvalue weighted by Crippen LogP contribution is 2.28. The van der Waals surface area contributed by atoms with Crippen LogP contribution in [0.15, 0.2) is 71.8 Å². The number of hydrogen-bond acceptors (Lipinski definition) is 5. The summed E-state index contributed by atoms with van der Waals surface area (Å²) >= 11 is 6.21. The predicted octanol–water partition coefficient (Wildman–Crippen LogP) is 5.42. The first-order valence-electron chi connectivity index (χ1n) is 10.7. The topological polar surface area (TPSA) is 102 Å². The first kappa shape index (κ1) is 22.4. The molecule has 0 unspecified atom stereocenters. The lowest BCUT2D eigenvalue weighted by Gasteiger charge is -2.16. The second kappa shape index (κ2) is 8.75. The first-order valence-corrected chi connectivity index (χ1v) is 12.6. The van der Waals surface area contributed by atoms with Crippen LogP contribution in [0, 0.1) is 0 Å². The van der Waals surface area contributed by atoms with E-state index < -0.39 is 16.1 Å². The maximum absolute atomic E-state index is 13.1. The van der Waals surface area contributed by atoms with E-state index in [2.05, 4.69) is 19.9 Å². The summed E-state index contributed by atoms with van der Waals surface area (Å²) in [6.45, 7) is 4.14. The van der Waals surface area contributed by atoms with Crippen LogP contribution in [0.2, 0.25) is 5.02 Å². The minimum Gasteiger partial charge on any atom is -0.424 e. The van der Waals surface area contributed by atoms with Gasteiger partial charge < -0.3 is 9.72 Å². The lowest BCUT2D eigenvalue weighted by molar-refractivity contribution is 0.408. The van der Waals surface area contributed by atoms with E-state index in [0.29, 0.717) is 23.1 Å². The van der Waals surface area contributed by atoms with Crippen LogP contribution in [0.5, 0.6) is 11.8 Å². The fourth-order valence-corrected chi connectivity index (χ4v) is 5.41. The van der Waals surface area contributed by atoms with Gasteiger partial charge in [-0.1, -0.05) is 34.9 Å². The van der Waals surface area contributed by atoms with Gasteiger partial charge in [0.25, 0.3) is 0 Å². The van der Waals surface area contributed by atoms with Gasteiger partial charge in [-0.3, -0.25) is 4.57 Å². The summed E-state index contributed by atoms with van der Waals surface area (Å²) in [6.07, 6.45) is 1.86. The molecular weight excluding hydrogens is 474 g/mol. The molecule has 2 aromatic heterocycles. The van der Waals surface area contributed by atoms with Crippen LogP contribution in [0.1, 0.15) is 25.7 Å². The molecule has 0 fully saturated rings. The van der Waals surface area contributed by atoms with Crippen molar-refractivity contribution < 1.29 is 13.2 Å². The van der Waals surface area contributed by atoms with Crippen LogP contribution in [-0.2, 0) is 16.6 Å². The van der Waals surface area contributed by atoms with E-state index in [1.54, 1.807) is 41.8 Å². The molecule has 0 aliphatic carbocycles. The van der Waals surface area contributed by atoms with Crippen LogP contribution in [0.4, 0.5) is 0 Å². The Morgan fingerprint density at radius 1 is 1.09 bits per heavy atom. The third kappa shape index (κ3) is 4.13. The second-order valence-electron chi connectivity index (χ2n) is 7.88. The molecule has 0 spiro atoms. The Labute approximate surface area is 201 Å². The molecule has 0 bridgehead atoms. The molecule has 2 heterocycles. The number of sulfonamides is 1. The fraction of sp³-hybridized carbons (Fsp3) is 0.167. The average molecular weight is 496 g/mol. The molecule has 174 valence electrons. The van der Waals surface area contributed by atoms with E-state index in [4.69, 9.17) is 16.3 Å². The fourth-order valence-electron chi connectivity index (χ4n) is 3.93. The van der Waals surface area contributed by atoms with Crippen LogP contribution < -0.4 is 9.46 Å². The van der Waals surface area contributed by atoms with E-state index in [-0.39, 0.29) is 10.9 Å². The van der Waals surface area contributed by atoms with Gasteiger partial charge in [0, 0.05) is 34.7 Å². The summed E-state index contributed by atoms with van der Waals surface area (Å²) in [6, 6.07) is 17.5.